The van der Waals surface area contributed by atoms with Gasteiger partial charge in [0.2, 0.25) is 11.8 Å². The van der Waals surface area contributed by atoms with Gasteiger partial charge in [0.05, 0.1) is 28.4 Å². The molecule has 1 aromatic rings. The lowest BCUT2D eigenvalue weighted by atomic mass is 10.1. The second kappa shape index (κ2) is 12.7. The highest BCUT2D eigenvalue weighted by Gasteiger charge is 2.60. The lowest BCUT2D eigenvalue weighted by Crippen LogP contribution is -2.46. The molecule has 1 aliphatic carbocycles. The minimum absolute atomic E-state index is 0.0524. The number of carbonyl (C=O) groups excluding carboxylic acids is 2. The normalized spacial score (nSPS) is 18.2. The van der Waals surface area contributed by atoms with Crippen molar-refractivity contribution in [2.75, 3.05) is 18.4 Å². The number of carbonyl (C=O) groups is 3. The summed E-state index contributed by atoms with van der Waals surface area (Å²) in [7, 11) is 0. The van der Waals surface area contributed by atoms with Crippen molar-refractivity contribution in [1.82, 2.24) is 10.6 Å². The van der Waals surface area contributed by atoms with E-state index in [2.05, 4.69) is 16.0 Å². The average molecular weight is 560 g/mol. The number of hydrogen-bond acceptors (Lipinski definition) is 8. The molecule has 0 radical (unpaired) electrons. The third kappa shape index (κ3) is 8.29. The third-order valence-electron chi connectivity index (χ3n) is 6.18. The molecular weight excluding hydrogens is 533 g/mol. The zero-order valence-corrected chi connectivity index (χ0v) is 21.5. The molecule has 37 heavy (non-hydrogen) atoms. The maximum atomic E-state index is 12.4. The van der Waals surface area contributed by atoms with Gasteiger partial charge in [0, 0.05) is 12.6 Å². The predicted octanol–water partition coefficient (Wildman–Crippen LogP) is 3.36. The third-order valence-corrected chi connectivity index (χ3v) is 6.43. The molecule has 1 unspecified atom stereocenters. The molecule has 15 heteroatoms. The Morgan fingerprint density at radius 1 is 1.16 bits per heavy atom. The Balaban J connectivity index is 1.78. The van der Waals surface area contributed by atoms with Crippen LogP contribution in [0.1, 0.15) is 33.1 Å². The number of rotatable bonds is 14. The molecule has 0 spiro atoms. The first-order chi connectivity index (χ1) is 17.2. The standard InChI is InChI=1S/C22H27Cl2N5O8/c1-22(2)13(10-17(23)24)19(22)20(31)26-11-18(30)27-15(21(32)33)5-3-4-8-25-14-7-6-12(28(34)35)9-16(14)29(36)37/h6-7,9-10,13,15,19,25H,3-5,8,11H2,1-2H3,(H,26,31)(H,27,30)(H,32,33)/t13-,15?,19+/m0/s1. The predicted molar refractivity (Wildman–Crippen MR) is 135 cm³/mol. The van der Waals surface area contributed by atoms with Gasteiger partial charge in [-0.05, 0) is 42.7 Å². The molecule has 0 heterocycles. The van der Waals surface area contributed by atoms with Crippen LogP contribution in [0, 0.1) is 37.5 Å². The van der Waals surface area contributed by atoms with Crippen LogP contribution in [0.4, 0.5) is 17.1 Å². The van der Waals surface area contributed by atoms with Crippen molar-refractivity contribution in [1.29, 1.82) is 0 Å². The summed E-state index contributed by atoms with van der Waals surface area (Å²) in [6, 6.07) is 2.03. The number of non-ortho nitro benzene ring substituents is 1. The zero-order valence-electron chi connectivity index (χ0n) is 20.0. The number of amides is 2. The molecule has 0 bridgehead atoms. The topological polar surface area (TPSA) is 194 Å². The van der Waals surface area contributed by atoms with E-state index in [0.29, 0.717) is 12.8 Å². The summed E-state index contributed by atoms with van der Waals surface area (Å²) in [5.41, 5.74) is -1.14. The van der Waals surface area contributed by atoms with Gasteiger partial charge in [0.1, 0.15) is 16.2 Å². The number of nitro groups is 2. The summed E-state index contributed by atoms with van der Waals surface area (Å²) in [5.74, 6) is -2.87. The molecular formula is C22H27Cl2N5O8. The van der Waals surface area contributed by atoms with Gasteiger partial charge >= 0.3 is 5.97 Å². The first-order valence-corrected chi connectivity index (χ1v) is 12.0. The summed E-state index contributed by atoms with van der Waals surface area (Å²) < 4.78 is 0.0524. The average Bonchev–Trinajstić information content (AvgIpc) is 3.34. The largest absolute Gasteiger partial charge is 0.480 e. The van der Waals surface area contributed by atoms with Crippen molar-refractivity contribution in [2.45, 2.75) is 39.2 Å². The van der Waals surface area contributed by atoms with Gasteiger partial charge in [-0.15, -0.1) is 0 Å². The smallest absolute Gasteiger partial charge is 0.326 e. The number of nitrogens with one attached hydrogen (secondary N) is 3. The number of carboxylic acids is 1. The van der Waals surface area contributed by atoms with Crippen molar-refractivity contribution < 1.29 is 29.3 Å². The van der Waals surface area contributed by atoms with E-state index in [1.165, 1.54) is 6.07 Å². The van der Waals surface area contributed by atoms with E-state index in [-0.39, 0.29) is 40.4 Å². The Labute approximate surface area is 221 Å². The molecule has 0 saturated heterocycles. The fourth-order valence-electron chi connectivity index (χ4n) is 4.04. The van der Waals surface area contributed by atoms with E-state index >= 15 is 0 Å². The van der Waals surface area contributed by atoms with E-state index in [1.807, 2.05) is 13.8 Å². The molecule has 0 aromatic heterocycles. The Bertz CT molecular complexity index is 1110. The molecule has 1 aromatic carbocycles. The number of unbranched alkanes of at least 4 members (excludes halogenated alkanes) is 1. The summed E-state index contributed by atoms with van der Waals surface area (Å²) in [4.78, 5) is 56.7. The van der Waals surface area contributed by atoms with Crippen molar-refractivity contribution >= 4 is 58.0 Å². The SMILES string of the molecule is CC1(C)[C@@H](C=C(Cl)Cl)[C@@H]1C(=O)NCC(=O)NC(CCCCNc1ccc([N+](=O)[O-])cc1[N+](=O)[O-])C(=O)O. The number of aliphatic carboxylic acids is 1. The van der Waals surface area contributed by atoms with Gasteiger partial charge in [-0.2, -0.15) is 0 Å². The minimum Gasteiger partial charge on any atom is -0.480 e. The highest BCUT2D eigenvalue weighted by Crippen LogP contribution is 2.59. The van der Waals surface area contributed by atoms with Gasteiger partial charge < -0.3 is 21.1 Å². The quantitative estimate of drug-likeness (QED) is 0.150. The maximum Gasteiger partial charge on any atom is 0.326 e. The molecule has 1 saturated carbocycles. The lowest BCUT2D eigenvalue weighted by molar-refractivity contribution is -0.393. The fraction of sp³-hybridized carbons (Fsp3) is 0.500. The number of hydrogen-bond donors (Lipinski definition) is 4. The summed E-state index contributed by atoms with van der Waals surface area (Å²) in [5, 5.41) is 39.1. The van der Waals surface area contributed by atoms with Crippen molar-refractivity contribution in [3.05, 3.63) is 49.0 Å². The van der Waals surface area contributed by atoms with Crippen molar-refractivity contribution in [2.24, 2.45) is 17.3 Å². The molecule has 3 atom stereocenters. The van der Waals surface area contributed by atoms with Crippen LogP contribution >= 0.6 is 23.2 Å². The molecule has 0 aliphatic heterocycles. The van der Waals surface area contributed by atoms with Crippen LogP contribution < -0.4 is 16.0 Å². The Hall–Kier alpha value is -3.45. The second-order valence-corrected chi connectivity index (χ2v) is 10.1. The van der Waals surface area contributed by atoms with Crippen molar-refractivity contribution in [3.63, 3.8) is 0 Å². The molecule has 13 nitrogen and oxygen atoms in total. The number of benzene rings is 1. The number of nitrogens with zero attached hydrogens (tertiary/aromatic N) is 2. The number of nitro benzene ring substituents is 2. The lowest BCUT2D eigenvalue weighted by Gasteiger charge is -2.15. The Morgan fingerprint density at radius 3 is 2.41 bits per heavy atom. The van der Waals surface area contributed by atoms with E-state index in [4.69, 9.17) is 23.2 Å². The molecule has 4 N–H and O–H groups in total. The van der Waals surface area contributed by atoms with Gasteiger partial charge in [-0.25, -0.2) is 4.79 Å². The number of allylic oxidation sites excluding steroid dienone is 1. The van der Waals surface area contributed by atoms with Crippen LogP contribution in [-0.4, -0.2) is 51.9 Å². The molecule has 2 rings (SSSR count). The van der Waals surface area contributed by atoms with Crippen LogP contribution in [0.5, 0.6) is 0 Å². The van der Waals surface area contributed by atoms with Gasteiger partial charge in [0.25, 0.3) is 11.4 Å². The van der Waals surface area contributed by atoms with E-state index < -0.39 is 51.6 Å². The number of carboxylic acid groups (broad SMARTS) is 1. The van der Waals surface area contributed by atoms with Crippen LogP contribution in [0.25, 0.3) is 0 Å². The Morgan fingerprint density at radius 2 is 1.84 bits per heavy atom. The maximum absolute atomic E-state index is 12.4. The number of halogens is 2. The fourth-order valence-corrected chi connectivity index (χ4v) is 4.31. The van der Waals surface area contributed by atoms with Gasteiger partial charge in [-0.3, -0.25) is 29.8 Å². The summed E-state index contributed by atoms with van der Waals surface area (Å²) in [6.45, 7) is 3.56. The van der Waals surface area contributed by atoms with Crippen LogP contribution in [0.15, 0.2) is 28.8 Å². The van der Waals surface area contributed by atoms with Gasteiger partial charge in [0.15, 0.2) is 0 Å². The first kappa shape index (κ1) is 29.8. The monoisotopic (exact) mass is 559 g/mol. The first-order valence-electron chi connectivity index (χ1n) is 11.2. The molecule has 2 amide bonds. The van der Waals surface area contributed by atoms with Crippen LogP contribution in [0.3, 0.4) is 0 Å². The number of anilines is 1. The minimum atomic E-state index is -1.25. The van der Waals surface area contributed by atoms with Crippen molar-refractivity contribution in [3.8, 4) is 0 Å². The highest BCUT2D eigenvalue weighted by molar-refractivity contribution is 6.55. The van der Waals surface area contributed by atoms with E-state index in [9.17, 15) is 39.7 Å². The van der Waals surface area contributed by atoms with E-state index in [0.717, 1.165) is 12.1 Å². The van der Waals surface area contributed by atoms with Gasteiger partial charge in [-0.1, -0.05) is 37.0 Å². The van der Waals surface area contributed by atoms with Crippen LogP contribution in [-0.2, 0) is 14.4 Å². The van der Waals surface area contributed by atoms with Crippen LogP contribution in [0.2, 0.25) is 0 Å². The summed E-state index contributed by atoms with van der Waals surface area (Å²) in [6.07, 6.45) is 2.40. The second-order valence-electron chi connectivity index (χ2n) is 9.10. The zero-order chi connectivity index (χ0) is 27.9. The van der Waals surface area contributed by atoms with E-state index in [1.54, 1.807) is 6.08 Å². The molecule has 202 valence electrons. The molecule has 1 aliphatic rings. The molecule has 1 fully saturated rings. The highest BCUT2D eigenvalue weighted by atomic mass is 35.5. The summed E-state index contributed by atoms with van der Waals surface area (Å²) >= 11 is 11.3. The Kier molecular flexibility index (Phi) is 10.2.